The lowest BCUT2D eigenvalue weighted by atomic mass is 10.1. The lowest BCUT2D eigenvalue weighted by Crippen LogP contribution is -2.31. The second-order valence-corrected chi connectivity index (χ2v) is 3.89. The fraction of sp³-hybridized carbons (Fsp3) is 0.462. The van der Waals surface area contributed by atoms with Gasteiger partial charge in [0.25, 0.3) is 0 Å². The number of carbonyl (C=O) groups excluding carboxylic acids is 1. The van der Waals surface area contributed by atoms with E-state index in [1.54, 1.807) is 14.2 Å². The molecule has 0 unspecified atom stereocenters. The Morgan fingerprint density at radius 1 is 1.33 bits per heavy atom. The lowest BCUT2D eigenvalue weighted by molar-refractivity contribution is -0.119. The van der Waals surface area contributed by atoms with E-state index in [1.807, 2.05) is 19.1 Å². The molecular weight excluding hydrogens is 232 g/mol. The standard InChI is InChI=1S/C13H20N2O3/c1-9-11(17-2)5-4-10(13(9)18-3)6-7-15-12(16)8-14/h4-5H,6-8,14H2,1-3H3,(H,15,16). The van der Waals surface area contributed by atoms with E-state index in [9.17, 15) is 4.79 Å². The van der Waals surface area contributed by atoms with Crippen LogP contribution in [0.2, 0.25) is 0 Å². The number of amides is 1. The number of ether oxygens (including phenoxy) is 2. The van der Waals surface area contributed by atoms with Gasteiger partial charge >= 0.3 is 0 Å². The normalized spacial score (nSPS) is 10.0. The van der Waals surface area contributed by atoms with Gasteiger partial charge < -0.3 is 20.5 Å². The minimum absolute atomic E-state index is 0.0127. The molecular formula is C13H20N2O3. The van der Waals surface area contributed by atoms with Crippen LogP contribution in [0, 0.1) is 6.92 Å². The largest absolute Gasteiger partial charge is 0.496 e. The van der Waals surface area contributed by atoms with Gasteiger partial charge in [0.1, 0.15) is 11.5 Å². The molecule has 100 valence electrons. The van der Waals surface area contributed by atoms with Gasteiger partial charge in [0, 0.05) is 12.1 Å². The fourth-order valence-electron chi connectivity index (χ4n) is 1.84. The maximum absolute atomic E-state index is 11.0. The minimum atomic E-state index is -0.154. The summed E-state index contributed by atoms with van der Waals surface area (Å²) in [6.07, 6.45) is 0.694. The lowest BCUT2D eigenvalue weighted by Gasteiger charge is -2.14. The zero-order valence-electron chi connectivity index (χ0n) is 11.1. The van der Waals surface area contributed by atoms with Crippen molar-refractivity contribution in [3.05, 3.63) is 23.3 Å². The molecule has 5 nitrogen and oxygen atoms in total. The van der Waals surface area contributed by atoms with Gasteiger partial charge in [-0.2, -0.15) is 0 Å². The van der Waals surface area contributed by atoms with Crippen molar-refractivity contribution in [1.82, 2.24) is 5.32 Å². The Labute approximate surface area is 107 Å². The van der Waals surface area contributed by atoms with Crippen LogP contribution in [0.4, 0.5) is 0 Å². The van der Waals surface area contributed by atoms with Gasteiger partial charge in [-0.3, -0.25) is 4.79 Å². The topological polar surface area (TPSA) is 73.6 Å². The summed E-state index contributed by atoms with van der Waals surface area (Å²) < 4.78 is 10.6. The second kappa shape index (κ2) is 6.86. The van der Waals surface area contributed by atoms with Crippen LogP contribution in [-0.2, 0) is 11.2 Å². The highest BCUT2D eigenvalue weighted by Crippen LogP contribution is 2.31. The highest BCUT2D eigenvalue weighted by molar-refractivity contribution is 5.77. The Balaban J connectivity index is 2.77. The first-order chi connectivity index (χ1) is 8.63. The molecule has 0 saturated carbocycles. The molecule has 0 aliphatic heterocycles. The van der Waals surface area contributed by atoms with Crippen molar-refractivity contribution in [2.45, 2.75) is 13.3 Å². The number of rotatable bonds is 6. The molecule has 1 rings (SSSR count). The van der Waals surface area contributed by atoms with Crippen LogP contribution in [-0.4, -0.2) is 33.2 Å². The summed E-state index contributed by atoms with van der Waals surface area (Å²) in [5.74, 6) is 1.44. The average molecular weight is 252 g/mol. The van der Waals surface area contributed by atoms with Crippen molar-refractivity contribution in [3.8, 4) is 11.5 Å². The molecule has 0 aromatic heterocycles. The summed E-state index contributed by atoms with van der Waals surface area (Å²) in [6.45, 7) is 2.50. The summed E-state index contributed by atoms with van der Waals surface area (Å²) in [5.41, 5.74) is 7.21. The maximum atomic E-state index is 11.0. The van der Waals surface area contributed by atoms with Crippen molar-refractivity contribution in [2.75, 3.05) is 27.3 Å². The quantitative estimate of drug-likeness (QED) is 0.779. The molecule has 0 radical (unpaired) electrons. The SMILES string of the molecule is COc1ccc(CCNC(=O)CN)c(OC)c1C. The molecule has 0 bridgehead atoms. The Morgan fingerprint density at radius 2 is 2.06 bits per heavy atom. The molecule has 0 aliphatic carbocycles. The van der Waals surface area contributed by atoms with Crippen molar-refractivity contribution in [2.24, 2.45) is 5.73 Å². The average Bonchev–Trinajstić information content (AvgIpc) is 2.39. The van der Waals surface area contributed by atoms with E-state index < -0.39 is 0 Å². The van der Waals surface area contributed by atoms with E-state index in [0.717, 1.165) is 22.6 Å². The minimum Gasteiger partial charge on any atom is -0.496 e. The smallest absolute Gasteiger partial charge is 0.233 e. The van der Waals surface area contributed by atoms with E-state index in [-0.39, 0.29) is 12.5 Å². The predicted octanol–water partition coefficient (Wildman–Crippen LogP) is 0.630. The van der Waals surface area contributed by atoms with Crippen molar-refractivity contribution in [1.29, 1.82) is 0 Å². The van der Waals surface area contributed by atoms with Crippen molar-refractivity contribution in [3.63, 3.8) is 0 Å². The number of carbonyl (C=O) groups is 1. The summed E-state index contributed by atoms with van der Waals surface area (Å²) in [7, 11) is 3.26. The van der Waals surface area contributed by atoms with Gasteiger partial charge in [0.05, 0.1) is 20.8 Å². The van der Waals surface area contributed by atoms with E-state index in [2.05, 4.69) is 5.32 Å². The zero-order valence-corrected chi connectivity index (χ0v) is 11.1. The van der Waals surface area contributed by atoms with Gasteiger partial charge in [-0.25, -0.2) is 0 Å². The number of nitrogens with two attached hydrogens (primary N) is 1. The molecule has 0 spiro atoms. The number of hydrogen-bond donors (Lipinski definition) is 2. The van der Waals surface area contributed by atoms with Crippen molar-refractivity contribution < 1.29 is 14.3 Å². The molecule has 0 heterocycles. The first-order valence-corrected chi connectivity index (χ1v) is 5.81. The van der Waals surface area contributed by atoms with Crippen LogP contribution < -0.4 is 20.5 Å². The third-order valence-corrected chi connectivity index (χ3v) is 2.76. The fourth-order valence-corrected chi connectivity index (χ4v) is 1.84. The Morgan fingerprint density at radius 3 is 2.61 bits per heavy atom. The zero-order chi connectivity index (χ0) is 13.5. The molecule has 0 atom stereocenters. The van der Waals surface area contributed by atoms with Gasteiger partial charge in [-0.05, 0) is 25.0 Å². The second-order valence-electron chi connectivity index (χ2n) is 3.89. The molecule has 1 aromatic carbocycles. The molecule has 3 N–H and O–H groups in total. The van der Waals surface area contributed by atoms with E-state index in [4.69, 9.17) is 15.2 Å². The molecule has 1 aromatic rings. The van der Waals surface area contributed by atoms with Gasteiger partial charge in [-0.15, -0.1) is 0 Å². The number of methoxy groups -OCH3 is 2. The predicted molar refractivity (Wildman–Crippen MR) is 70.1 cm³/mol. The first-order valence-electron chi connectivity index (χ1n) is 5.81. The maximum Gasteiger partial charge on any atom is 0.233 e. The summed E-state index contributed by atoms with van der Waals surface area (Å²) in [6, 6.07) is 3.84. The third-order valence-electron chi connectivity index (χ3n) is 2.76. The van der Waals surface area contributed by atoms with Crippen LogP contribution in [0.15, 0.2) is 12.1 Å². The van der Waals surface area contributed by atoms with Crippen LogP contribution in [0.3, 0.4) is 0 Å². The van der Waals surface area contributed by atoms with E-state index in [0.29, 0.717) is 13.0 Å². The van der Waals surface area contributed by atoms with Gasteiger partial charge in [0.15, 0.2) is 0 Å². The van der Waals surface area contributed by atoms with Crippen LogP contribution in [0.5, 0.6) is 11.5 Å². The monoisotopic (exact) mass is 252 g/mol. The number of benzene rings is 1. The Kier molecular flexibility index (Phi) is 5.45. The van der Waals surface area contributed by atoms with E-state index in [1.165, 1.54) is 0 Å². The Bertz CT molecular complexity index is 419. The summed E-state index contributed by atoms with van der Waals surface area (Å²) >= 11 is 0. The molecule has 0 aliphatic rings. The summed E-state index contributed by atoms with van der Waals surface area (Å²) in [4.78, 5) is 11.0. The van der Waals surface area contributed by atoms with Crippen LogP contribution in [0.1, 0.15) is 11.1 Å². The van der Waals surface area contributed by atoms with Gasteiger partial charge in [-0.1, -0.05) is 6.07 Å². The molecule has 5 heteroatoms. The first kappa shape index (κ1) is 14.3. The molecule has 18 heavy (non-hydrogen) atoms. The van der Waals surface area contributed by atoms with Crippen LogP contribution in [0.25, 0.3) is 0 Å². The molecule has 0 saturated heterocycles. The molecule has 0 fully saturated rings. The van der Waals surface area contributed by atoms with Gasteiger partial charge in [0.2, 0.25) is 5.91 Å². The summed E-state index contributed by atoms with van der Waals surface area (Å²) in [5, 5.41) is 2.73. The Hall–Kier alpha value is -1.75. The van der Waals surface area contributed by atoms with Crippen LogP contribution >= 0.6 is 0 Å². The van der Waals surface area contributed by atoms with Crippen molar-refractivity contribution >= 4 is 5.91 Å². The van der Waals surface area contributed by atoms with E-state index >= 15 is 0 Å². The number of nitrogens with one attached hydrogen (secondary N) is 1. The number of hydrogen-bond acceptors (Lipinski definition) is 4. The third kappa shape index (κ3) is 3.37. The highest BCUT2D eigenvalue weighted by atomic mass is 16.5. The molecule has 1 amide bonds. The highest BCUT2D eigenvalue weighted by Gasteiger charge is 2.11.